The molecule has 1 aromatic carbocycles. The van der Waals surface area contributed by atoms with E-state index in [1.165, 1.54) is 12.0 Å². The minimum Gasteiger partial charge on any atom is -0.372 e. The fraction of sp³-hybridized carbons (Fsp3) is 0.500. The minimum absolute atomic E-state index is 0.181. The molecule has 1 N–H and O–H groups in total. The molecule has 0 amide bonds. The highest BCUT2D eigenvalue weighted by atomic mass is 16.5. The number of hydrogen-bond donors (Lipinski definition) is 1. The third-order valence-corrected chi connectivity index (χ3v) is 3.37. The molecule has 2 heteroatoms. The van der Waals surface area contributed by atoms with E-state index >= 15 is 0 Å². The third-order valence-electron chi connectivity index (χ3n) is 3.37. The summed E-state index contributed by atoms with van der Waals surface area (Å²) in [7, 11) is 0. The lowest BCUT2D eigenvalue weighted by Gasteiger charge is -2.38. The smallest absolute Gasteiger partial charge is 0.0936 e. The van der Waals surface area contributed by atoms with Crippen molar-refractivity contribution in [2.45, 2.75) is 17.9 Å². The number of nitrogens with one attached hydrogen (secondary N) is 1. The SMILES string of the molecule is c1ccc(C2COC3(CNC3)C2)cc1. The predicted molar refractivity (Wildman–Crippen MR) is 55.4 cm³/mol. The van der Waals surface area contributed by atoms with Crippen LogP contribution >= 0.6 is 0 Å². The van der Waals surface area contributed by atoms with Crippen molar-refractivity contribution >= 4 is 0 Å². The van der Waals surface area contributed by atoms with Gasteiger partial charge in [0.1, 0.15) is 0 Å². The van der Waals surface area contributed by atoms with E-state index in [1.807, 2.05) is 0 Å². The molecule has 1 unspecified atom stereocenters. The predicted octanol–water partition coefficient (Wildman–Crippen LogP) is 1.53. The van der Waals surface area contributed by atoms with Crippen molar-refractivity contribution in [1.82, 2.24) is 5.32 Å². The lowest BCUT2D eigenvalue weighted by molar-refractivity contribution is -0.0360. The Bertz CT molecular complexity index is 318. The molecule has 2 fully saturated rings. The van der Waals surface area contributed by atoms with Gasteiger partial charge >= 0.3 is 0 Å². The monoisotopic (exact) mass is 189 g/mol. The molecule has 2 saturated heterocycles. The average Bonchev–Trinajstić information content (AvgIpc) is 2.63. The van der Waals surface area contributed by atoms with Gasteiger partial charge < -0.3 is 10.1 Å². The van der Waals surface area contributed by atoms with Crippen molar-refractivity contribution in [3.8, 4) is 0 Å². The Morgan fingerprint density at radius 3 is 2.57 bits per heavy atom. The highest BCUT2D eigenvalue weighted by molar-refractivity contribution is 5.22. The zero-order valence-corrected chi connectivity index (χ0v) is 8.20. The number of ether oxygens (including phenoxy) is 1. The Balaban J connectivity index is 1.76. The van der Waals surface area contributed by atoms with E-state index in [2.05, 4.69) is 35.6 Å². The second-order valence-electron chi connectivity index (χ2n) is 4.41. The van der Waals surface area contributed by atoms with Crippen molar-refractivity contribution in [1.29, 1.82) is 0 Å². The van der Waals surface area contributed by atoms with Crippen molar-refractivity contribution in [3.63, 3.8) is 0 Å². The van der Waals surface area contributed by atoms with E-state index in [0.717, 1.165) is 19.7 Å². The topological polar surface area (TPSA) is 21.3 Å². The van der Waals surface area contributed by atoms with Gasteiger partial charge in [-0.05, 0) is 12.0 Å². The molecular weight excluding hydrogens is 174 g/mol. The van der Waals surface area contributed by atoms with Crippen LogP contribution in [0.15, 0.2) is 30.3 Å². The summed E-state index contributed by atoms with van der Waals surface area (Å²) in [5, 5.41) is 3.29. The van der Waals surface area contributed by atoms with E-state index in [-0.39, 0.29) is 5.60 Å². The second kappa shape index (κ2) is 3.07. The van der Waals surface area contributed by atoms with Crippen LogP contribution in [-0.4, -0.2) is 25.3 Å². The summed E-state index contributed by atoms with van der Waals surface area (Å²) in [5.74, 6) is 0.610. The van der Waals surface area contributed by atoms with Gasteiger partial charge in [-0.3, -0.25) is 0 Å². The van der Waals surface area contributed by atoms with Gasteiger partial charge in [0.25, 0.3) is 0 Å². The quantitative estimate of drug-likeness (QED) is 0.723. The normalized spacial score (nSPS) is 29.0. The lowest BCUT2D eigenvalue weighted by atomic mass is 9.86. The van der Waals surface area contributed by atoms with Gasteiger partial charge in [-0.25, -0.2) is 0 Å². The zero-order chi connectivity index (χ0) is 9.43. The van der Waals surface area contributed by atoms with Crippen molar-refractivity contribution < 1.29 is 4.74 Å². The standard InChI is InChI=1S/C12H15NO/c1-2-4-10(5-3-1)11-6-12(14-7-11)8-13-9-12/h1-5,11,13H,6-9H2. The Morgan fingerprint density at radius 2 is 2.00 bits per heavy atom. The molecule has 0 aliphatic carbocycles. The van der Waals surface area contributed by atoms with Gasteiger partial charge in [0.15, 0.2) is 0 Å². The van der Waals surface area contributed by atoms with Crippen molar-refractivity contribution in [3.05, 3.63) is 35.9 Å². The molecule has 74 valence electrons. The number of benzene rings is 1. The van der Waals surface area contributed by atoms with Crippen LogP contribution in [-0.2, 0) is 4.74 Å². The van der Waals surface area contributed by atoms with Gasteiger partial charge in [0.2, 0.25) is 0 Å². The Morgan fingerprint density at radius 1 is 1.21 bits per heavy atom. The molecule has 1 atom stereocenters. The molecule has 1 aromatic rings. The van der Waals surface area contributed by atoms with Crippen LogP contribution in [0.25, 0.3) is 0 Å². The maximum absolute atomic E-state index is 5.88. The van der Waals surface area contributed by atoms with Crippen LogP contribution in [0.3, 0.4) is 0 Å². The average molecular weight is 189 g/mol. The summed E-state index contributed by atoms with van der Waals surface area (Å²) in [4.78, 5) is 0. The molecule has 2 aliphatic heterocycles. The Hall–Kier alpha value is -0.860. The van der Waals surface area contributed by atoms with Crippen LogP contribution in [0.5, 0.6) is 0 Å². The summed E-state index contributed by atoms with van der Waals surface area (Å²) in [6, 6.07) is 10.7. The summed E-state index contributed by atoms with van der Waals surface area (Å²) in [6.07, 6.45) is 1.18. The summed E-state index contributed by atoms with van der Waals surface area (Å²) in [5.41, 5.74) is 1.61. The van der Waals surface area contributed by atoms with Gasteiger partial charge in [-0.1, -0.05) is 30.3 Å². The minimum atomic E-state index is 0.181. The van der Waals surface area contributed by atoms with Gasteiger partial charge in [-0.15, -0.1) is 0 Å². The third kappa shape index (κ3) is 1.26. The fourth-order valence-corrected chi connectivity index (χ4v) is 2.43. The molecule has 2 nitrogen and oxygen atoms in total. The molecular formula is C12H15NO. The maximum atomic E-state index is 5.88. The Kier molecular flexibility index (Phi) is 1.85. The van der Waals surface area contributed by atoms with Crippen LogP contribution in [0, 0.1) is 0 Å². The largest absolute Gasteiger partial charge is 0.372 e. The lowest BCUT2D eigenvalue weighted by Crippen LogP contribution is -2.59. The first kappa shape index (κ1) is 8.45. The Labute approximate surface area is 84.3 Å². The van der Waals surface area contributed by atoms with E-state index in [1.54, 1.807) is 0 Å². The van der Waals surface area contributed by atoms with E-state index in [9.17, 15) is 0 Å². The van der Waals surface area contributed by atoms with Crippen LogP contribution in [0.2, 0.25) is 0 Å². The molecule has 1 spiro atoms. The molecule has 2 aliphatic rings. The highest BCUT2D eigenvalue weighted by Crippen LogP contribution is 2.38. The van der Waals surface area contributed by atoms with E-state index < -0.39 is 0 Å². The summed E-state index contributed by atoms with van der Waals surface area (Å²) < 4.78 is 5.88. The molecule has 0 aromatic heterocycles. The molecule has 14 heavy (non-hydrogen) atoms. The van der Waals surface area contributed by atoms with E-state index in [0.29, 0.717) is 5.92 Å². The molecule has 0 radical (unpaired) electrons. The molecule has 3 rings (SSSR count). The van der Waals surface area contributed by atoms with Crippen LogP contribution in [0.1, 0.15) is 17.9 Å². The van der Waals surface area contributed by atoms with Crippen LogP contribution < -0.4 is 5.32 Å². The number of hydrogen-bond acceptors (Lipinski definition) is 2. The van der Waals surface area contributed by atoms with Crippen molar-refractivity contribution in [2.24, 2.45) is 0 Å². The highest BCUT2D eigenvalue weighted by Gasteiger charge is 2.45. The zero-order valence-electron chi connectivity index (χ0n) is 8.20. The first-order valence-corrected chi connectivity index (χ1v) is 5.28. The van der Waals surface area contributed by atoms with Crippen LogP contribution in [0.4, 0.5) is 0 Å². The molecule has 0 saturated carbocycles. The first-order valence-electron chi connectivity index (χ1n) is 5.28. The maximum Gasteiger partial charge on any atom is 0.0936 e. The van der Waals surface area contributed by atoms with Gasteiger partial charge in [0.05, 0.1) is 12.2 Å². The number of rotatable bonds is 1. The van der Waals surface area contributed by atoms with Gasteiger partial charge in [-0.2, -0.15) is 0 Å². The second-order valence-corrected chi connectivity index (χ2v) is 4.41. The fourth-order valence-electron chi connectivity index (χ4n) is 2.43. The van der Waals surface area contributed by atoms with Gasteiger partial charge in [0, 0.05) is 19.0 Å². The molecule has 0 bridgehead atoms. The van der Waals surface area contributed by atoms with Crippen molar-refractivity contribution in [2.75, 3.05) is 19.7 Å². The summed E-state index contributed by atoms with van der Waals surface area (Å²) in [6.45, 7) is 2.97. The van der Waals surface area contributed by atoms with E-state index in [4.69, 9.17) is 4.74 Å². The molecule has 2 heterocycles. The summed E-state index contributed by atoms with van der Waals surface area (Å²) >= 11 is 0. The first-order chi connectivity index (χ1) is 6.88.